The predicted molar refractivity (Wildman–Crippen MR) is 58.5 cm³/mol. The van der Waals surface area contributed by atoms with E-state index in [-0.39, 0.29) is 25.1 Å². The highest BCUT2D eigenvalue weighted by Crippen LogP contribution is 1.87. The summed E-state index contributed by atoms with van der Waals surface area (Å²) in [5.74, 6) is -0.0754. The van der Waals surface area contributed by atoms with E-state index < -0.39 is 6.10 Å². The number of hydrogen-bond donors (Lipinski definition) is 4. The van der Waals surface area contributed by atoms with Crippen molar-refractivity contribution in [3.05, 3.63) is 0 Å². The monoisotopic (exact) mass is 218 g/mol. The molecule has 0 saturated carbocycles. The molecule has 0 aromatic rings. The summed E-state index contributed by atoms with van der Waals surface area (Å²) in [7, 11) is 0. The number of rotatable bonds is 8. The summed E-state index contributed by atoms with van der Waals surface area (Å²) in [5, 5.41) is 23.2. The second-order valence-corrected chi connectivity index (χ2v) is 3.61. The Kier molecular flexibility index (Phi) is 8.27. The van der Waals surface area contributed by atoms with Gasteiger partial charge in [0.15, 0.2) is 0 Å². The van der Waals surface area contributed by atoms with Crippen LogP contribution >= 0.6 is 0 Å². The molecule has 15 heavy (non-hydrogen) atoms. The van der Waals surface area contributed by atoms with Crippen LogP contribution in [0.15, 0.2) is 0 Å². The first-order valence-electron chi connectivity index (χ1n) is 5.41. The van der Waals surface area contributed by atoms with Crippen molar-refractivity contribution in [1.82, 2.24) is 10.6 Å². The van der Waals surface area contributed by atoms with E-state index in [0.717, 1.165) is 12.8 Å². The van der Waals surface area contributed by atoms with Crippen LogP contribution in [0.1, 0.15) is 26.7 Å². The van der Waals surface area contributed by atoms with Crippen LogP contribution in [0.25, 0.3) is 0 Å². The van der Waals surface area contributed by atoms with E-state index >= 15 is 0 Å². The molecular weight excluding hydrogens is 196 g/mol. The molecule has 0 saturated heterocycles. The summed E-state index contributed by atoms with van der Waals surface area (Å²) >= 11 is 0. The molecule has 2 unspecified atom stereocenters. The van der Waals surface area contributed by atoms with Gasteiger partial charge < -0.3 is 20.8 Å². The Morgan fingerprint density at radius 1 is 1.47 bits per heavy atom. The predicted octanol–water partition coefficient (Wildman–Crippen LogP) is -0.766. The first-order valence-corrected chi connectivity index (χ1v) is 5.41. The molecule has 0 aliphatic heterocycles. The maximum Gasteiger partial charge on any atom is 0.236 e. The summed E-state index contributed by atoms with van der Waals surface area (Å²) in [4.78, 5) is 11.4. The van der Waals surface area contributed by atoms with Gasteiger partial charge in [-0.05, 0) is 13.3 Å². The van der Waals surface area contributed by atoms with Crippen molar-refractivity contribution in [1.29, 1.82) is 0 Å². The highest BCUT2D eigenvalue weighted by molar-refractivity contribution is 5.81. The van der Waals surface area contributed by atoms with Crippen molar-refractivity contribution in [3.63, 3.8) is 0 Å². The molecule has 1 amide bonds. The largest absolute Gasteiger partial charge is 0.394 e. The second kappa shape index (κ2) is 8.64. The molecule has 0 heterocycles. The molecule has 4 N–H and O–H groups in total. The number of nitrogens with one attached hydrogen (secondary N) is 2. The Labute approximate surface area is 90.9 Å². The average molecular weight is 218 g/mol. The molecule has 0 aliphatic rings. The zero-order valence-corrected chi connectivity index (χ0v) is 9.49. The van der Waals surface area contributed by atoms with Crippen LogP contribution < -0.4 is 10.6 Å². The minimum atomic E-state index is -0.809. The first kappa shape index (κ1) is 14.3. The number of hydrogen-bond acceptors (Lipinski definition) is 4. The van der Waals surface area contributed by atoms with Crippen LogP contribution in [0.4, 0.5) is 0 Å². The van der Waals surface area contributed by atoms with E-state index in [0.29, 0.717) is 6.54 Å². The lowest BCUT2D eigenvalue weighted by molar-refractivity contribution is -0.122. The lowest BCUT2D eigenvalue weighted by Gasteiger charge is -2.15. The molecule has 0 aliphatic carbocycles. The van der Waals surface area contributed by atoms with E-state index in [4.69, 9.17) is 10.2 Å². The Balaban J connectivity index is 3.60. The van der Waals surface area contributed by atoms with Gasteiger partial charge in [0.25, 0.3) is 0 Å². The minimum Gasteiger partial charge on any atom is -0.394 e. The average Bonchev–Trinajstić information content (AvgIpc) is 2.25. The molecule has 0 bridgehead atoms. The summed E-state index contributed by atoms with van der Waals surface area (Å²) in [6.07, 6.45) is 1.21. The molecule has 0 radical (unpaired) electrons. The topological polar surface area (TPSA) is 81.6 Å². The van der Waals surface area contributed by atoms with E-state index in [1.54, 1.807) is 6.92 Å². The molecule has 5 nitrogen and oxygen atoms in total. The Hall–Kier alpha value is -0.650. The maximum atomic E-state index is 11.4. The number of amides is 1. The lowest BCUT2D eigenvalue weighted by Crippen LogP contribution is -2.45. The van der Waals surface area contributed by atoms with E-state index in [2.05, 4.69) is 17.6 Å². The molecule has 0 aromatic heterocycles. The third kappa shape index (κ3) is 7.30. The number of unbranched alkanes of at least 4 members (excludes halogenated alkanes) is 1. The summed E-state index contributed by atoms with van der Waals surface area (Å²) in [6.45, 7) is 4.40. The van der Waals surface area contributed by atoms with Gasteiger partial charge in [0.1, 0.15) is 0 Å². The SMILES string of the molecule is CCCCNC(=O)C(C)NCC(O)CO. The smallest absolute Gasteiger partial charge is 0.236 e. The van der Waals surface area contributed by atoms with Gasteiger partial charge >= 0.3 is 0 Å². The number of carbonyl (C=O) groups is 1. The Morgan fingerprint density at radius 2 is 2.13 bits per heavy atom. The highest BCUT2D eigenvalue weighted by Gasteiger charge is 2.12. The van der Waals surface area contributed by atoms with E-state index in [9.17, 15) is 4.79 Å². The Morgan fingerprint density at radius 3 is 2.67 bits per heavy atom. The lowest BCUT2D eigenvalue weighted by atomic mass is 10.2. The zero-order chi connectivity index (χ0) is 11.7. The quantitative estimate of drug-likeness (QED) is 0.403. The minimum absolute atomic E-state index is 0.0754. The van der Waals surface area contributed by atoms with E-state index in [1.165, 1.54) is 0 Å². The van der Waals surface area contributed by atoms with Crippen molar-refractivity contribution >= 4 is 5.91 Å². The standard InChI is InChI=1S/C10H22N2O3/c1-3-4-5-11-10(15)8(2)12-6-9(14)7-13/h8-9,12-14H,3-7H2,1-2H3,(H,11,15). The van der Waals surface area contributed by atoms with E-state index in [1.807, 2.05) is 0 Å². The van der Waals surface area contributed by atoms with Gasteiger partial charge in [-0.2, -0.15) is 0 Å². The molecule has 0 rings (SSSR count). The summed E-state index contributed by atoms with van der Waals surface area (Å²) in [5.41, 5.74) is 0. The van der Waals surface area contributed by atoms with Crippen molar-refractivity contribution in [2.75, 3.05) is 19.7 Å². The number of aliphatic hydroxyl groups is 2. The fourth-order valence-corrected chi connectivity index (χ4v) is 1.01. The van der Waals surface area contributed by atoms with Gasteiger partial charge in [0, 0.05) is 13.1 Å². The van der Waals surface area contributed by atoms with Gasteiger partial charge in [0.05, 0.1) is 18.8 Å². The van der Waals surface area contributed by atoms with Crippen molar-refractivity contribution in [3.8, 4) is 0 Å². The van der Waals surface area contributed by atoms with Gasteiger partial charge in [-0.25, -0.2) is 0 Å². The van der Waals surface area contributed by atoms with Crippen LogP contribution in [0.3, 0.4) is 0 Å². The summed E-state index contributed by atoms with van der Waals surface area (Å²) < 4.78 is 0. The normalized spacial score (nSPS) is 14.7. The first-order chi connectivity index (χ1) is 7.11. The van der Waals surface area contributed by atoms with Crippen molar-refractivity contribution < 1.29 is 15.0 Å². The second-order valence-electron chi connectivity index (χ2n) is 3.61. The van der Waals surface area contributed by atoms with Crippen LogP contribution in [0.2, 0.25) is 0 Å². The van der Waals surface area contributed by atoms with Crippen LogP contribution in [0, 0.1) is 0 Å². The summed E-state index contributed by atoms with van der Waals surface area (Å²) in [6, 6.07) is -0.344. The molecule has 0 aromatic carbocycles. The molecular formula is C10H22N2O3. The molecule has 0 fully saturated rings. The van der Waals surface area contributed by atoms with Crippen LogP contribution in [-0.2, 0) is 4.79 Å². The maximum absolute atomic E-state index is 11.4. The van der Waals surface area contributed by atoms with Crippen LogP contribution in [0.5, 0.6) is 0 Å². The highest BCUT2D eigenvalue weighted by atomic mass is 16.3. The number of aliphatic hydroxyl groups excluding tert-OH is 2. The van der Waals surface area contributed by atoms with Crippen molar-refractivity contribution in [2.45, 2.75) is 38.8 Å². The van der Waals surface area contributed by atoms with Crippen LogP contribution in [-0.4, -0.2) is 48.0 Å². The molecule has 0 spiro atoms. The Bertz CT molecular complexity index is 176. The number of carbonyl (C=O) groups excluding carboxylic acids is 1. The van der Waals surface area contributed by atoms with Crippen molar-refractivity contribution in [2.24, 2.45) is 0 Å². The fraction of sp³-hybridized carbons (Fsp3) is 0.900. The van der Waals surface area contributed by atoms with Gasteiger partial charge in [-0.1, -0.05) is 13.3 Å². The zero-order valence-electron chi connectivity index (χ0n) is 9.49. The third-order valence-electron chi connectivity index (χ3n) is 2.09. The molecule has 2 atom stereocenters. The molecule has 90 valence electrons. The molecule has 5 heteroatoms. The fourth-order valence-electron chi connectivity index (χ4n) is 1.01. The van der Waals surface area contributed by atoms with Gasteiger partial charge in [-0.15, -0.1) is 0 Å². The van der Waals surface area contributed by atoms with Gasteiger partial charge in [-0.3, -0.25) is 4.79 Å². The van der Waals surface area contributed by atoms with Gasteiger partial charge in [0.2, 0.25) is 5.91 Å². The third-order valence-corrected chi connectivity index (χ3v) is 2.09.